The molecule has 0 fully saturated rings. The van der Waals surface area contributed by atoms with Crippen molar-refractivity contribution < 1.29 is 19.7 Å². The van der Waals surface area contributed by atoms with Gasteiger partial charge in [0, 0.05) is 17.5 Å². The van der Waals surface area contributed by atoms with Crippen molar-refractivity contribution in [3.63, 3.8) is 0 Å². The van der Waals surface area contributed by atoms with E-state index in [1.54, 1.807) is 23.6 Å². The van der Waals surface area contributed by atoms with Gasteiger partial charge in [0.1, 0.15) is 0 Å². The summed E-state index contributed by atoms with van der Waals surface area (Å²) < 4.78 is 5.03. The number of aromatic nitrogens is 1. The van der Waals surface area contributed by atoms with Crippen LogP contribution in [0.15, 0.2) is 23.6 Å². The van der Waals surface area contributed by atoms with E-state index in [0.717, 1.165) is 0 Å². The number of ether oxygens (including phenoxy) is 1. The smallest absolute Gasteiger partial charge is 0.309 e. The molecule has 1 aromatic carbocycles. The average Bonchev–Trinajstić information content (AvgIpc) is 2.84. The van der Waals surface area contributed by atoms with Crippen molar-refractivity contribution in [3.05, 3.63) is 34.8 Å². The van der Waals surface area contributed by atoms with Gasteiger partial charge in [-0.1, -0.05) is 12.1 Å². The standard InChI is InChI=1S/C13H14N2O4S/c1-19-10-4-2-3-8(12(10)18)6-14-13-15-9(7-20-13)5-11(16)17/h2-4,7,18H,5-6H2,1H3,(H,14,15)(H,16,17). The van der Waals surface area contributed by atoms with Gasteiger partial charge in [0.15, 0.2) is 16.6 Å². The number of thiazole rings is 1. The molecule has 2 aromatic rings. The van der Waals surface area contributed by atoms with Gasteiger partial charge >= 0.3 is 5.97 Å². The number of aliphatic carboxylic acids is 1. The van der Waals surface area contributed by atoms with Crippen LogP contribution in [0, 0.1) is 0 Å². The molecule has 20 heavy (non-hydrogen) atoms. The summed E-state index contributed by atoms with van der Waals surface area (Å²) in [5.74, 6) is -0.410. The largest absolute Gasteiger partial charge is 0.504 e. The zero-order valence-corrected chi connectivity index (χ0v) is 11.6. The van der Waals surface area contributed by atoms with Crippen LogP contribution in [-0.4, -0.2) is 28.3 Å². The van der Waals surface area contributed by atoms with Crippen LogP contribution in [-0.2, 0) is 17.8 Å². The minimum atomic E-state index is -0.910. The number of para-hydroxylation sites is 1. The third-order valence-electron chi connectivity index (χ3n) is 2.62. The molecule has 0 bridgehead atoms. The van der Waals surface area contributed by atoms with Gasteiger partial charge in [0.25, 0.3) is 0 Å². The second kappa shape index (κ2) is 6.25. The lowest BCUT2D eigenvalue weighted by molar-refractivity contribution is -0.136. The molecule has 0 atom stereocenters. The Labute approximate surface area is 119 Å². The van der Waals surface area contributed by atoms with Crippen LogP contribution in [0.25, 0.3) is 0 Å². The molecule has 6 nitrogen and oxygen atoms in total. The summed E-state index contributed by atoms with van der Waals surface area (Å²) in [6.07, 6.45) is -0.0947. The maximum Gasteiger partial charge on any atom is 0.309 e. The zero-order chi connectivity index (χ0) is 14.5. The summed E-state index contributed by atoms with van der Waals surface area (Å²) in [6, 6.07) is 5.23. The number of carboxylic acid groups (broad SMARTS) is 1. The molecule has 1 heterocycles. The van der Waals surface area contributed by atoms with Gasteiger partial charge in [-0.15, -0.1) is 11.3 Å². The van der Waals surface area contributed by atoms with Gasteiger partial charge in [0.2, 0.25) is 0 Å². The predicted molar refractivity (Wildman–Crippen MR) is 75.4 cm³/mol. The first-order chi connectivity index (χ1) is 9.60. The van der Waals surface area contributed by atoms with E-state index >= 15 is 0 Å². The lowest BCUT2D eigenvalue weighted by atomic mass is 10.2. The minimum absolute atomic E-state index is 0.0878. The molecule has 0 amide bonds. The van der Waals surface area contributed by atoms with Gasteiger partial charge in [-0.2, -0.15) is 0 Å². The Kier molecular flexibility index (Phi) is 4.41. The van der Waals surface area contributed by atoms with E-state index in [1.165, 1.54) is 18.4 Å². The van der Waals surface area contributed by atoms with Crippen molar-refractivity contribution in [1.29, 1.82) is 0 Å². The number of benzene rings is 1. The van der Waals surface area contributed by atoms with E-state index in [1.807, 2.05) is 0 Å². The lowest BCUT2D eigenvalue weighted by Crippen LogP contribution is -2.02. The normalized spacial score (nSPS) is 10.2. The maximum atomic E-state index is 10.6. The highest BCUT2D eigenvalue weighted by Crippen LogP contribution is 2.30. The van der Waals surface area contributed by atoms with Crippen LogP contribution in [0.4, 0.5) is 5.13 Å². The molecular formula is C13H14N2O4S. The number of nitrogens with one attached hydrogen (secondary N) is 1. The molecule has 0 unspecified atom stereocenters. The first-order valence-corrected chi connectivity index (χ1v) is 6.73. The Morgan fingerprint density at radius 2 is 2.30 bits per heavy atom. The second-order valence-electron chi connectivity index (χ2n) is 4.04. The number of carboxylic acids is 1. The van der Waals surface area contributed by atoms with Crippen LogP contribution >= 0.6 is 11.3 Å². The molecule has 0 aliphatic carbocycles. The summed E-state index contributed by atoms with van der Waals surface area (Å²) in [5.41, 5.74) is 1.19. The molecule has 7 heteroatoms. The third-order valence-corrected chi connectivity index (χ3v) is 3.47. The summed E-state index contributed by atoms with van der Waals surface area (Å²) in [6.45, 7) is 0.378. The number of phenols is 1. The number of methoxy groups -OCH3 is 1. The number of aromatic hydroxyl groups is 1. The van der Waals surface area contributed by atoms with Crippen LogP contribution in [0.5, 0.6) is 11.5 Å². The average molecular weight is 294 g/mol. The van der Waals surface area contributed by atoms with Crippen LogP contribution in [0.2, 0.25) is 0 Å². The van der Waals surface area contributed by atoms with Crippen LogP contribution in [0.3, 0.4) is 0 Å². The van der Waals surface area contributed by atoms with E-state index in [2.05, 4.69) is 10.3 Å². The molecule has 3 N–H and O–H groups in total. The molecule has 0 aliphatic rings. The molecule has 0 radical (unpaired) electrons. The Bertz CT molecular complexity index is 612. The van der Waals surface area contributed by atoms with E-state index in [9.17, 15) is 9.90 Å². The van der Waals surface area contributed by atoms with E-state index in [0.29, 0.717) is 28.7 Å². The van der Waals surface area contributed by atoms with E-state index < -0.39 is 5.97 Å². The van der Waals surface area contributed by atoms with Gasteiger partial charge in [0.05, 0.1) is 19.2 Å². The quantitative estimate of drug-likeness (QED) is 0.755. The maximum absolute atomic E-state index is 10.6. The second-order valence-corrected chi connectivity index (χ2v) is 4.89. The number of carbonyl (C=O) groups is 1. The Morgan fingerprint density at radius 1 is 1.50 bits per heavy atom. The fraction of sp³-hybridized carbons (Fsp3) is 0.231. The summed E-state index contributed by atoms with van der Waals surface area (Å²) >= 11 is 1.33. The first-order valence-electron chi connectivity index (χ1n) is 5.85. The van der Waals surface area contributed by atoms with E-state index in [4.69, 9.17) is 9.84 Å². The number of hydrogen-bond donors (Lipinski definition) is 3. The molecular weight excluding hydrogens is 280 g/mol. The fourth-order valence-corrected chi connectivity index (χ4v) is 2.38. The SMILES string of the molecule is COc1cccc(CNc2nc(CC(=O)O)cs2)c1O. The number of anilines is 1. The minimum Gasteiger partial charge on any atom is -0.504 e. The van der Waals surface area contributed by atoms with Gasteiger partial charge in [-0.3, -0.25) is 4.79 Å². The molecule has 0 saturated heterocycles. The zero-order valence-electron chi connectivity index (χ0n) is 10.8. The van der Waals surface area contributed by atoms with Crippen molar-refractivity contribution >= 4 is 22.4 Å². The predicted octanol–water partition coefficient (Wildman–Crippen LogP) is 2.10. The van der Waals surface area contributed by atoms with Crippen LogP contribution in [0.1, 0.15) is 11.3 Å². The van der Waals surface area contributed by atoms with Gasteiger partial charge in [-0.05, 0) is 6.07 Å². The highest BCUT2D eigenvalue weighted by molar-refractivity contribution is 7.13. The Hall–Kier alpha value is -2.28. The van der Waals surface area contributed by atoms with Crippen molar-refractivity contribution in [2.45, 2.75) is 13.0 Å². The molecule has 1 aromatic heterocycles. The number of nitrogens with zero attached hydrogens (tertiary/aromatic N) is 1. The highest BCUT2D eigenvalue weighted by atomic mass is 32.1. The third kappa shape index (κ3) is 3.39. The fourth-order valence-electron chi connectivity index (χ4n) is 1.67. The Morgan fingerprint density at radius 3 is 3.00 bits per heavy atom. The molecule has 0 saturated carbocycles. The summed E-state index contributed by atoms with van der Waals surface area (Å²) in [7, 11) is 1.49. The number of rotatable bonds is 6. The monoisotopic (exact) mass is 294 g/mol. The molecule has 0 aliphatic heterocycles. The molecule has 106 valence electrons. The molecule has 2 rings (SSSR count). The van der Waals surface area contributed by atoms with Crippen molar-refractivity contribution in [2.24, 2.45) is 0 Å². The molecule has 0 spiro atoms. The topological polar surface area (TPSA) is 91.7 Å². The first kappa shape index (κ1) is 14.1. The van der Waals surface area contributed by atoms with Gasteiger partial charge in [-0.25, -0.2) is 4.98 Å². The van der Waals surface area contributed by atoms with Crippen molar-refractivity contribution in [1.82, 2.24) is 4.98 Å². The highest BCUT2D eigenvalue weighted by Gasteiger charge is 2.09. The van der Waals surface area contributed by atoms with Crippen molar-refractivity contribution in [3.8, 4) is 11.5 Å². The van der Waals surface area contributed by atoms with Crippen LogP contribution < -0.4 is 10.1 Å². The summed E-state index contributed by atoms with van der Waals surface area (Å²) in [4.78, 5) is 14.7. The summed E-state index contributed by atoms with van der Waals surface area (Å²) in [5, 5.41) is 24.0. The number of hydrogen-bond acceptors (Lipinski definition) is 6. The van der Waals surface area contributed by atoms with E-state index in [-0.39, 0.29) is 12.2 Å². The van der Waals surface area contributed by atoms with Crippen molar-refractivity contribution in [2.75, 3.05) is 12.4 Å². The Balaban J connectivity index is 2.02. The number of phenolic OH excluding ortho intramolecular Hbond substituents is 1. The lowest BCUT2D eigenvalue weighted by Gasteiger charge is -2.09. The van der Waals surface area contributed by atoms with Gasteiger partial charge < -0.3 is 20.3 Å².